The molecule has 0 aliphatic heterocycles. The van der Waals surface area contributed by atoms with Gasteiger partial charge < -0.3 is 4.90 Å². The predicted molar refractivity (Wildman–Crippen MR) is 69.8 cm³/mol. The minimum absolute atomic E-state index is 0.440. The van der Waals surface area contributed by atoms with E-state index in [1.165, 1.54) is 12.8 Å². The van der Waals surface area contributed by atoms with E-state index in [1.54, 1.807) is 0 Å². The summed E-state index contributed by atoms with van der Waals surface area (Å²) in [6.45, 7) is 7.42. The van der Waals surface area contributed by atoms with Crippen molar-refractivity contribution in [1.29, 1.82) is 0 Å². The third-order valence-corrected chi connectivity index (χ3v) is 3.04. The number of nitrogens with two attached hydrogens (primary N) is 1. The lowest BCUT2D eigenvalue weighted by Gasteiger charge is -2.28. The second-order valence-corrected chi connectivity index (χ2v) is 5.02. The fraction of sp³-hybridized carbons (Fsp3) is 0.667. The first kappa shape index (κ1) is 12.1. The smallest absolute Gasteiger partial charge is 0.239 e. The maximum absolute atomic E-state index is 5.38. The molecule has 1 saturated carbocycles. The summed E-state index contributed by atoms with van der Waals surface area (Å²) in [4.78, 5) is 11.0. The lowest BCUT2D eigenvalue weighted by atomic mass is 10.2. The summed E-state index contributed by atoms with van der Waals surface area (Å²) in [7, 11) is 0. The van der Waals surface area contributed by atoms with Crippen LogP contribution in [0.5, 0.6) is 0 Å². The van der Waals surface area contributed by atoms with Gasteiger partial charge in [0.25, 0.3) is 0 Å². The first-order valence-electron chi connectivity index (χ1n) is 6.19. The van der Waals surface area contributed by atoms with Crippen molar-refractivity contribution in [2.75, 3.05) is 16.9 Å². The van der Waals surface area contributed by atoms with Crippen molar-refractivity contribution >= 4 is 11.8 Å². The first-order chi connectivity index (χ1) is 8.10. The van der Waals surface area contributed by atoms with Crippen molar-refractivity contribution in [3.8, 4) is 0 Å². The van der Waals surface area contributed by atoms with E-state index in [2.05, 4.69) is 34.1 Å². The fourth-order valence-electron chi connectivity index (χ4n) is 1.91. The van der Waals surface area contributed by atoms with Crippen LogP contribution >= 0.6 is 0 Å². The molecule has 1 aliphatic rings. The van der Waals surface area contributed by atoms with Gasteiger partial charge in [0.1, 0.15) is 5.82 Å². The van der Waals surface area contributed by atoms with Crippen molar-refractivity contribution in [3.05, 3.63) is 11.8 Å². The van der Waals surface area contributed by atoms with Gasteiger partial charge in [-0.3, -0.25) is 5.43 Å². The van der Waals surface area contributed by atoms with E-state index in [-0.39, 0.29) is 0 Å². The van der Waals surface area contributed by atoms with Crippen LogP contribution in [0.25, 0.3) is 0 Å². The van der Waals surface area contributed by atoms with Crippen molar-refractivity contribution in [1.82, 2.24) is 9.97 Å². The van der Waals surface area contributed by atoms with Crippen LogP contribution in [-0.4, -0.2) is 22.6 Å². The summed E-state index contributed by atoms with van der Waals surface area (Å²) in [5.41, 5.74) is 3.46. The van der Waals surface area contributed by atoms with E-state index >= 15 is 0 Å². The molecule has 1 aromatic heterocycles. The minimum atomic E-state index is 0.440. The highest BCUT2D eigenvalue weighted by molar-refractivity contribution is 5.45. The molecular weight excluding hydrogens is 214 g/mol. The average Bonchev–Trinajstić information content (AvgIpc) is 3.08. The number of nitrogens with zero attached hydrogens (tertiary/aromatic N) is 3. The van der Waals surface area contributed by atoms with Crippen molar-refractivity contribution in [3.63, 3.8) is 0 Å². The highest BCUT2D eigenvalue weighted by Gasteiger charge is 2.26. The van der Waals surface area contributed by atoms with Gasteiger partial charge in [0.2, 0.25) is 5.95 Å². The van der Waals surface area contributed by atoms with E-state index in [1.807, 2.05) is 13.0 Å². The van der Waals surface area contributed by atoms with E-state index < -0.39 is 0 Å². The third-order valence-electron chi connectivity index (χ3n) is 3.04. The van der Waals surface area contributed by atoms with Gasteiger partial charge in [-0.15, -0.1) is 0 Å². The third kappa shape index (κ3) is 3.06. The molecule has 2 rings (SSSR count). The Morgan fingerprint density at radius 2 is 2.18 bits per heavy atom. The molecule has 1 heterocycles. The predicted octanol–water partition coefficient (Wildman–Crippen LogP) is 1.70. The van der Waals surface area contributed by atoms with E-state index in [9.17, 15) is 0 Å². The van der Waals surface area contributed by atoms with Crippen LogP contribution in [0.4, 0.5) is 11.8 Å². The highest BCUT2D eigenvalue weighted by atomic mass is 15.3. The summed E-state index contributed by atoms with van der Waals surface area (Å²) < 4.78 is 0. The molecule has 17 heavy (non-hydrogen) atoms. The quantitative estimate of drug-likeness (QED) is 0.600. The molecule has 0 unspecified atom stereocenters. The molecule has 0 spiro atoms. The van der Waals surface area contributed by atoms with Gasteiger partial charge in [0.15, 0.2) is 0 Å². The van der Waals surface area contributed by atoms with Crippen LogP contribution in [-0.2, 0) is 0 Å². The number of hydrogen-bond donors (Lipinski definition) is 2. The molecule has 0 saturated heterocycles. The standard InChI is InChI=1S/C12H21N5/c1-8(2)17(7-10-4-5-10)11-6-9(3)14-12(15-11)16-13/h6,8,10H,4-5,7,13H2,1-3H3,(H,14,15,16). The lowest BCUT2D eigenvalue weighted by Crippen LogP contribution is -2.34. The molecule has 1 aromatic rings. The van der Waals surface area contributed by atoms with Gasteiger partial charge in [-0.05, 0) is 39.5 Å². The van der Waals surface area contributed by atoms with Gasteiger partial charge in [-0.2, -0.15) is 4.98 Å². The van der Waals surface area contributed by atoms with Crippen LogP contribution < -0.4 is 16.2 Å². The molecule has 0 atom stereocenters. The van der Waals surface area contributed by atoms with Gasteiger partial charge in [0, 0.05) is 24.3 Å². The maximum Gasteiger partial charge on any atom is 0.239 e. The van der Waals surface area contributed by atoms with Crippen molar-refractivity contribution in [2.45, 2.75) is 39.7 Å². The van der Waals surface area contributed by atoms with Crippen LogP contribution in [0.3, 0.4) is 0 Å². The molecule has 3 N–H and O–H groups in total. The zero-order valence-corrected chi connectivity index (χ0v) is 10.8. The second kappa shape index (κ2) is 4.87. The summed E-state index contributed by atoms with van der Waals surface area (Å²) >= 11 is 0. The number of hydrazine groups is 1. The van der Waals surface area contributed by atoms with Gasteiger partial charge >= 0.3 is 0 Å². The Morgan fingerprint density at radius 1 is 1.47 bits per heavy atom. The summed E-state index contributed by atoms with van der Waals surface area (Å²) in [6, 6.07) is 2.46. The Kier molecular flexibility index (Phi) is 3.47. The zero-order chi connectivity index (χ0) is 12.4. The largest absolute Gasteiger partial charge is 0.354 e. The maximum atomic E-state index is 5.38. The topological polar surface area (TPSA) is 67.1 Å². The fourth-order valence-corrected chi connectivity index (χ4v) is 1.91. The summed E-state index contributed by atoms with van der Waals surface area (Å²) in [5, 5.41) is 0. The lowest BCUT2D eigenvalue weighted by molar-refractivity contribution is 0.635. The van der Waals surface area contributed by atoms with Gasteiger partial charge in [-0.1, -0.05) is 0 Å². The van der Waals surface area contributed by atoms with E-state index in [0.717, 1.165) is 24.0 Å². The van der Waals surface area contributed by atoms with Crippen molar-refractivity contribution in [2.24, 2.45) is 11.8 Å². The van der Waals surface area contributed by atoms with Crippen LogP contribution in [0.1, 0.15) is 32.4 Å². The molecular formula is C12H21N5. The minimum Gasteiger partial charge on any atom is -0.354 e. The summed E-state index contributed by atoms with van der Waals surface area (Å²) in [6.07, 6.45) is 2.69. The van der Waals surface area contributed by atoms with Crippen LogP contribution in [0.2, 0.25) is 0 Å². The Morgan fingerprint density at radius 3 is 2.71 bits per heavy atom. The van der Waals surface area contributed by atoms with E-state index in [0.29, 0.717) is 12.0 Å². The molecule has 0 bridgehead atoms. The molecule has 0 amide bonds. The molecule has 5 nitrogen and oxygen atoms in total. The van der Waals surface area contributed by atoms with Crippen LogP contribution in [0.15, 0.2) is 6.07 Å². The molecule has 1 fully saturated rings. The zero-order valence-electron chi connectivity index (χ0n) is 10.8. The number of anilines is 2. The number of nitrogens with one attached hydrogen (secondary N) is 1. The number of rotatable bonds is 5. The second-order valence-electron chi connectivity index (χ2n) is 5.02. The number of aromatic nitrogens is 2. The Labute approximate surface area is 102 Å². The molecule has 5 heteroatoms. The van der Waals surface area contributed by atoms with Crippen molar-refractivity contribution < 1.29 is 0 Å². The molecule has 94 valence electrons. The summed E-state index contributed by atoms with van der Waals surface area (Å²) in [5.74, 6) is 7.67. The molecule has 0 aromatic carbocycles. The van der Waals surface area contributed by atoms with Gasteiger partial charge in [-0.25, -0.2) is 10.8 Å². The first-order valence-corrected chi connectivity index (χ1v) is 6.19. The number of aryl methyl sites for hydroxylation is 1. The van der Waals surface area contributed by atoms with Crippen LogP contribution in [0, 0.1) is 12.8 Å². The number of nitrogen functional groups attached to an aromatic ring is 1. The molecule has 1 aliphatic carbocycles. The SMILES string of the molecule is Cc1cc(N(CC2CC2)C(C)C)nc(NN)n1. The molecule has 0 radical (unpaired) electrons. The Hall–Kier alpha value is -1.36. The highest BCUT2D eigenvalue weighted by Crippen LogP contribution is 2.32. The Balaban J connectivity index is 2.23. The van der Waals surface area contributed by atoms with Gasteiger partial charge in [0.05, 0.1) is 0 Å². The monoisotopic (exact) mass is 235 g/mol. The average molecular weight is 235 g/mol. The number of hydrogen-bond acceptors (Lipinski definition) is 5. The normalized spacial score (nSPS) is 15.1. The Bertz CT molecular complexity index is 386. The van der Waals surface area contributed by atoms with E-state index in [4.69, 9.17) is 5.84 Å².